The normalized spacial score (nSPS) is 18.9. The highest BCUT2D eigenvalue weighted by Crippen LogP contribution is 2.23. The molecule has 6 nitrogen and oxygen atoms in total. The standard InChI is InChI=1S/C16H26N4O2/c1-16(2,3)22-15(21)19(4)13-6-5-9-20(11-13)12-7-8-14(17)18-10-12/h7-8,10,13H,5-6,9,11H2,1-4H3,(H2,17,18). The molecule has 1 fully saturated rings. The summed E-state index contributed by atoms with van der Waals surface area (Å²) in [5.41, 5.74) is 6.20. The quantitative estimate of drug-likeness (QED) is 0.909. The summed E-state index contributed by atoms with van der Waals surface area (Å²) < 4.78 is 5.45. The average Bonchev–Trinajstić information content (AvgIpc) is 2.45. The first-order chi connectivity index (χ1) is 10.3. The number of carbonyl (C=O) groups is 1. The lowest BCUT2D eigenvalue weighted by atomic mass is 10.0. The topological polar surface area (TPSA) is 71.7 Å². The lowest BCUT2D eigenvalue weighted by Crippen LogP contribution is -2.49. The molecule has 1 aliphatic heterocycles. The van der Waals surface area contributed by atoms with Crippen molar-refractivity contribution in [3.8, 4) is 0 Å². The third kappa shape index (κ3) is 4.26. The van der Waals surface area contributed by atoms with Gasteiger partial charge in [-0.05, 0) is 45.7 Å². The summed E-state index contributed by atoms with van der Waals surface area (Å²) in [5.74, 6) is 0.517. The number of hydrogen-bond acceptors (Lipinski definition) is 5. The maximum atomic E-state index is 12.2. The summed E-state index contributed by atoms with van der Waals surface area (Å²) in [6.45, 7) is 7.38. The first kappa shape index (κ1) is 16.4. The predicted molar refractivity (Wildman–Crippen MR) is 87.9 cm³/mol. The third-order valence-electron chi connectivity index (χ3n) is 3.76. The van der Waals surface area contributed by atoms with Gasteiger partial charge in [0.15, 0.2) is 0 Å². The van der Waals surface area contributed by atoms with Gasteiger partial charge in [-0.15, -0.1) is 0 Å². The molecule has 0 saturated carbocycles. The number of amides is 1. The van der Waals surface area contributed by atoms with Gasteiger partial charge in [0.2, 0.25) is 0 Å². The van der Waals surface area contributed by atoms with Crippen LogP contribution in [-0.2, 0) is 4.74 Å². The zero-order chi connectivity index (χ0) is 16.3. The number of nitrogens with zero attached hydrogens (tertiary/aromatic N) is 3. The van der Waals surface area contributed by atoms with Crippen LogP contribution >= 0.6 is 0 Å². The van der Waals surface area contributed by atoms with Crippen LogP contribution in [0.15, 0.2) is 18.3 Å². The summed E-state index contributed by atoms with van der Waals surface area (Å²) in [6, 6.07) is 3.91. The van der Waals surface area contributed by atoms with Crippen LogP contribution in [0.4, 0.5) is 16.3 Å². The number of aromatic nitrogens is 1. The summed E-state index contributed by atoms with van der Waals surface area (Å²) in [4.78, 5) is 20.3. The van der Waals surface area contributed by atoms with Crippen LogP contribution in [0.3, 0.4) is 0 Å². The average molecular weight is 306 g/mol. The van der Waals surface area contributed by atoms with Gasteiger partial charge in [-0.25, -0.2) is 9.78 Å². The molecule has 1 unspecified atom stereocenters. The van der Waals surface area contributed by atoms with E-state index in [1.165, 1.54) is 0 Å². The number of ether oxygens (including phenoxy) is 1. The molecule has 1 aromatic heterocycles. The van der Waals surface area contributed by atoms with E-state index < -0.39 is 5.60 Å². The third-order valence-corrected chi connectivity index (χ3v) is 3.76. The molecule has 1 aliphatic rings. The largest absolute Gasteiger partial charge is 0.444 e. The molecule has 1 amide bonds. The molecule has 2 rings (SSSR count). The van der Waals surface area contributed by atoms with Crippen molar-refractivity contribution in [2.24, 2.45) is 0 Å². The van der Waals surface area contributed by atoms with E-state index in [0.29, 0.717) is 5.82 Å². The number of likely N-dealkylation sites (N-methyl/N-ethyl adjacent to an activating group) is 1. The maximum Gasteiger partial charge on any atom is 0.410 e. The Kier molecular flexibility index (Phi) is 4.78. The molecule has 0 bridgehead atoms. The van der Waals surface area contributed by atoms with Crippen LogP contribution in [-0.4, -0.2) is 47.8 Å². The summed E-state index contributed by atoms with van der Waals surface area (Å²) in [7, 11) is 1.81. The molecule has 0 aromatic carbocycles. The summed E-state index contributed by atoms with van der Waals surface area (Å²) >= 11 is 0. The Balaban J connectivity index is 2.00. The van der Waals surface area contributed by atoms with E-state index >= 15 is 0 Å². The van der Waals surface area contributed by atoms with E-state index in [4.69, 9.17) is 10.5 Å². The molecule has 2 N–H and O–H groups in total. The van der Waals surface area contributed by atoms with Gasteiger partial charge < -0.3 is 20.3 Å². The van der Waals surface area contributed by atoms with Crippen molar-refractivity contribution in [3.63, 3.8) is 0 Å². The number of hydrogen-bond donors (Lipinski definition) is 1. The van der Waals surface area contributed by atoms with Crippen molar-refractivity contribution in [1.29, 1.82) is 0 Å². The number of carbonyl (C=O) groups excluding carboxylic acids is 1. The minimum Gasteiger partial charge on any atom is -0.444 e. The highest BCUT2D eigenvalue weighted by molar-refractivity contribution is 5.68. The van der Waals surface area contributed by atoms with Gasteiger partial charge in [0.05, 0.1) is 17.9 Å². The maximum absolute atomic E-state index is 12.2. The fourth-order valence-corrected chi connectivity index (χ4v) is 2.57. The van der Waals surface area contributed by atoms with Crippen molar-refractivity contribution in [2.45, 2.75) is 45.3 Å². The number of anilines is 2. The first-order valence-electron chi connectivity index (χ1n) is 7.68. The van der Waals surface area contributed by atoms with Gasteiger partial charge in [0.1, 0.15) is 11.4 Å². The van der Waals surface area contributed by atoms with Crippen LogP contribution in [0.1, 0.15) is 33.6 Å². The molecule has 22 heavy (non-hydrogen) atoms. The van der Waals surface area contributed by atoms with Crippen LogP contribution in [0.5, 0.6) is 0 Å². The monoisotopic (exact) mass is 306 g/mol. The highest BCUT2D eigenvalue weighted by atomic mass is 16.6. The second-order valence-electron chi connectivity index (χ2n) is 6.77. The molecular formula is C16H26N4O2. The molecule has 6 heteroatoms. The van der Waals surface area contributed by atoms with E-state index in [0.717, 1.165) is 31.6 Å². The molecule has 1 atom stereocenters. The van der Waals surface area contributed by atoms with Gasteiger partial charge in [0.25, 0.3) is 0 Å². The number of nitrogens with two attached hydrogens (primary N) is 1. The molecular weight excluding hydrogens is 280 g/mol. The minimum atomic E-state index is -0.472. The Morgan fingerprint density at radius 2 is 2.18 bits per heavy atom. The summed E-state index contributed by atoms with van der Waals surface area (Å²) in [5, 5.41) is 0. The van der Waals surface area contributed by atoms with Crippen molar-refractivity contribution >= 4 is 17.6 Å². The van der Waals surface area contributed by atoms with Gasteiger partial charge in [-0.2, -0.15) is 0 Å². The summed E-state index contributed by atoms with van der Waals surface area (Å²) in [6.07, 6.45) is 3.52. The van der Waals surface area contributed by atoms with E-state index in [2.05, 4.69) is 9.88 Å². The zero-order valence-electron chi connectivity index (χ0n) is 13.9. The molecule has 1 aromatic rings. The van der Waals surface area contributed by atoms with E-state index in [-0.39, 0.29) is 12.1 Å². The fraction of sp³-hybridized carbons (Fsp3) is 0.625. The molecule has 2 heterocycles. The van der Waals surface area contributed by atoms with Crippen LogP contribution in [0, 0.1) is 0 Å². The highest BCUT2D eigenvalue weighted by Gasteiger charge is 2.29. The van der Waals surface area contributed by atoms with Crippen LogP contribution < -0.4 is 10.6 Å². The SMILES string of the molecule is CN(C(=O)OC(C)(C)C)C1CCCN(c2ccc(N)nc2)C1. The van der Waals surface area contributed by atoms with Gasteiger partial charge in [-0.3, -0.25) is 0 Å². The number of piperidine rings is 1. The van der Waals surface area contributed by atoms with Crippen LogP contribution in [0.25, 0.3) is 0 Å². The van der Waals surface area contributed by atoms with Gasteiger partial charge >= 0.3 is 6.09 Å². The van der Waals surface area contributed by atoms with Crippen molar-refractivity contribution < 1.29 is 9.53 Å². The zero-order valence-corrected chi connectivity index (χ0v) is 13.9. The Morgan fingerprint density at radius 3 is 2.77 bits per heavy atom. The number of rotatable bonds is 2. The van der Waals surface area contributed by atoms with E-state index in [1.807, 2.05) is 33.9 Å². The Hall–Kier alpha value is -1.98. The predicted octanol–water partition coefficient (Wildman–Crippen LogP) is 2.50. The number of pyridine rings is 1. The van der Waals surface area contributed by atoms with Crippen molar-refractivity contribution in [1.82, 2.24) is 9.88 Å². The first-order valence-corrected chi connectivity index (χ1v) is 7.68. The molecule has 1 saturated heterocycles. The smallest absolute Gasteiger partial charge is 0.410 e. The molecule has 0 radical (unpaired) electrons. The lowest BCUT2D eigenvalue weighted by Gasteiger charge is -2.39. The van der Waals surface area contributed by atoms with Crippen molar-refractivity contribution in [2.75, 3.05) is 30.8 Å². The van der Waals surface area contributed by atoms with Crippen LogP contribution in [0.2, 0.25) is 0 Å². The van der Waals surface area contributed by atoms with Gasteiger partial charge in [-0.1, -0.05) is 0 Å². The second kappa shape index (κ2) is 6.42. The Labute approximate surface area is 132 Å². The van der Waals surface area contributed by atoms with Crippen molar-refractivity contribution in [3.05, 3.63) is 18.3 Å². The van der Waals surface area contributed by atoms with Gasteiger partial charge in [0, 0.05) is 20.1 Å². The minimum absolute atomic E-state index is 0.140. The van der Waals surface area contributed by atoms with E-state index in [1.54, 1.807) is 17.2 Å². The second-order valence-corrected chi connectivity index (χ2v) is 6.77. The number of nitrogen functional groups attached to an aromatic ring is 1. The van der Waals surface area contributed by atoms with E-state index in [9.17, 15) is 4.79 Å². The Morgan fingerprint density at radius 1 is 1.45 bits per heavy atom. The molecule has 0 aliphatic carbocycles. The fourth-order valence-electron chi connectivity index (χ4n) is 2.57. The lowest BCUT2D eigenvalue weighted by molar-refractivity contribution is 0.0210. The Bertz CT molecular complexity index is 510. The molecule has 0 spiro atoms. The molecule has 122 valence electrons.